The lowest BCUT2D eigenvalue weighted by Crippen LogP contribution is -2.57. The molecule has 2 saturated heterocycles. The number of aryl methyl sites for hydroxylation is 1. The highest BCUT2D eigenvalue weighted by Gasteiger charge is 2.48. The van der Waals surface area contributed by atoms with Gasteiger partial charge in [-0.25, -0.2) is 23.4 Å². The second kappa shape index (κ2) is 7.77. The van der Waals surface area contributed by atoms with Crippen LogP contribution in [0.2, 0.25) is 0 Å². The molecular weight excluding hydrogens is 445 g/mol. The third-order valence-electron chi connectivity index (χ3n) is 6.36. The lowest BCUT2D eigenvalue weighted by Gasteiger charge is -2.49. The first kappa shape index (κ1) is 21.8. The molecule has 12 heteroatoms. The molecule has 5 heterocycles. The number of pyridine rings is 1. The zero-order chi connectivity index (χ0) is 23.4. The summed E-state index contributed by atoms with van der Waals surface area (Å²) < 4.78 is 66.1. The van der Waals surface area contributed by atoms with E-state index in [0.29, 0.717) is 61.0 Å². The SMILES string of the molecule is CCc1nn(CC(F)F)c2nc(N3CCC4(CN(c5ccnc(C(F)(F)F)c5)C4)C3)cnc12. The van der Waals surface area contributed by atoms with Gasteiger partial charge in [-0.15, -0.1) is 0 Å². The Bertz CT molecular complexity index is 1170. The molecule has 1 spiro atoms. The van der Waals surface area contributed by atoms with Crippen LogP contribution >= 0.6 is 0 Å². The van der Waals surface area contributed by atoms with Crippen molar-refractivity contribution in [2.45, 2.75) is 38.9 Å². The van der Waals surface area contributed by atoms with E-state index in [4.69, 9.17) is 0 Å². The summed E-state index contributed by atoms with van der Waals surface area (Å²) in [5.41, 5.74) is 1.06. The molecule has 0 radical (unpaired) electrons. The summed E-state index contributed by atoms with van der Waals surface area (Å²) in [5, 5.41) is 4.24. The first-order valence-corrected chi connectivity index (χ1v) is 10.7. The number of fused-ring (bicyclic) bond motifs is 1. The minimum Gasteiger partial charge on any atom is -0.370 e. The molecular formula is C21H22F5N7. The lowest BCUT2D eigenvalue weighted by molar-refractivity contribution is -0.141. The highest BCUT2D eigenvalue weighted by atomic mass is 19.4. The van der Waals surface area contributed by atoms with Gasteiger partial charge in [0.25, 0.3) is 6.43 Å². The molecule has 176 valence electrons. The maximum Gasteiger partial charge on any atom is 0.433 e. The van der Waals surface area contributed by atoms with Crippen LogP contribution in [-0.4, -0.2) is 57.3 Å². The molecule has 0 aromatic carbocycles. The van der Waals surface area contributed by atoms with Crippen molar-refractivity contribution in [3.63, 3.8) is 0 Å². The van der Waals surface area contributed by atoms with E-state index in [1.165, 1.54) is 10.9 Å². The first-order chi connectivity index (χ1) is 15.7. The molecule has 2 aliphatic rings. The number of hydrogen-bond acceptors (Lipinski definition) is 6. The second-order valence-electron chi connectivity index (χ2n) is 8.70. The topological polar surface area (TPSA) is 63.0 Å². The number of rotatable bonds is 5. The van der Waals surface area contributed by atoms with E-state index in [-0.39, 0.29) is 5.41 Å². The van der Waals surface area contributed by atoms with E-state index < -0.39 is 24.8 Å². The lowest BCUT2D eigenvalue weighted by atomic mass is 9.79. The summed E-state index contributed by atoms with van der Waals surface area (Å²) in [6.45, 7) is 3.98. The average Bonchev–Trinajstić information content (AvgIpc) is 3.34. The Kier molecular flexibility index (Phi) is 5.13. The van der Waals surface area contributed by atoms with Gasteiger partial charge in [0.05, 0.1) is 11.9 Å². The molecule has 2 aliphatic heterocycles. The van der Waals surface area contributed by atoms with Gasteiger partial charge >= 0.3 is 6.18 Å². The summed E-state index contributed by atoms with van der Waals surface area (Å²) in [5.74, 6) is 0.596. The third kappa shape index (κ3) is 3.95. The van der Waals surface area contributed by atoms with E-state index in [2.05, 4.69) is 25.0 Å². The predicted molar refractivity (Wildman–Crippen MR) is 111 cm³/mol. The first-order valence-electron chi connectivity index (χ1n) is 10.7. The maximum absolute atomic E-state index is 13.0. The van der Waals surface area contributed by atoms with Crippen molar-refractivity contribution in [2.24, 2.45) is 5.41 Å². The molecule has 3 aromatic rings. The van der Waals surface area contributed by atoms with Crippen LogP contribution in [0.25, 0.3) is 11.2 Å². The van der Waals surface area contributed by atoms with Crippen molar-refractivity contribution in [1.82, 2.24) is 24.7 Å². The van der Waals surface area contributed by atoms with Crippen molar-refractivity contribution in [3.8, 4) is 0 Å². The molecule has 7 nitrogen and oxygen atoms in total. The van der Waals surface area contributed by atoms with Gasteiger partial charge in [0.2, 0.25) is 0 Å². The number of anilines is 2. The van der Waals surface area contributed by atoms with Gasteiger partial charge in [0, 0.05) is 43.5 Å². The normalized spacial score (nSPS) is 18.0. The summed E-state index contributed by atoms with van der Waals surface area (Å²) in [4.78, 5) is 16.5. The predicted octanol–water partition coefficient (Wildman–Crippen LogP) is 3.78. The molecule has 0 atom stereocenters. The number of aromatic nitrogens is 5. The van der Waals surface area contributed by atoms with Crippen molar-refractivity contribution in [2.75, 3.05) is 36.0 Å². The molecule has 3 aromatic heterocycles. The van der Waals surface area contributed by atoms with E-state index in [1.807, 2.05) is 11.8 Å². The quantitative estimate of drug-likeness (QED) is 0.533. The molecule has 0 N–H and O–H groups in total. The molecule has 0 aliphatic carbocycles. The number of alkyl halides is 5. The molecule has 0 saturated carbocycles. The Labute approximate surface area is 186 Å². The Morgan fingerprint density at radius 1 is 1.12 bits per heavy atom. The molecule has 0 bridgehead atoms. The molecule has 33 heavy (non-hydrogen) atoms. The highest BCUT2D eigenvalue weighted by Crippen LogP contribution is 2.43. The van der Waals surface area contributed by atoms with Gasteiger partial charge in [-0.2, -0.15) is 18.3 Å². The van der Waals surface area contributed by atoms with Crippen molar-refractivity contribution < 1.29 is 22.0 Å². The van der Waals surface area contributed by atoms with E-state index >= 15 is 0 Å². The molecule has 5 rings (SSSR count). The highest BCUT2D eigenvalue weighted by molar-refractivity contribution is 5.75. The summed E-state index contributed by atoms with van der Waals surface area (Å²) in [6.07, 6.45) is -2.78. The second-order valence-corrected chi connectivity index (χ2v) is 8.70. The van der Waals surface area contributed by atoms with Gasteiger partial charge < -0.3 is 9.80 Å². The number of hydrogen-bond donors (Lipinski definition) is 0. The Morgan fingerprint density at radius 2 is 1.88 bits per heavy atom. The zero-order valence-electron chi connectivity index (χ0n) is 17.9. The van der Waals surface area contributed by atoms with Crippen molar-refractivity contribution >= 4 is 22.7 Å². The van der Waals surface area contributed by atoms with Gasteiger partial charge in [-0.3, -0.25) is 4.98 Å². The number of nitrogens with zero attached hydrogens (tertiary/aromatic N) is 7. The molecule has 0 amide bonds. The van der Waals surface area contributed by atoms with Crippen LogP contribution in [0.15, 0.2) is 24.5 Å². The largest absolute Gasteiger partial charge is 0.433 e. The standard InChI is InChI=1S/C21H22F5N7/c1-2-14-18-19(33(30-14)9-16(22)23)29-17(8-28-18)31-6-4-20(10-31)11-32(12-20)13-3-5-27-15(7-13)21(24,25)26/h3,5,7-8,16H,2,4,6,9-12H2,1H3. The smallest absolute Gasteiger partial charge is 0.370 e. The Hall–Kier alpha value is -3.05. The van der Waals surface area contributed by atoms with Crippen LogP contribution in [0.5, 0.6) is 0 Å². The van der Waals surface area contributed by atoms with E-state index in [9.17, 15) is 22.0 Å². The van der Waals surface area contributed by atoms with Crippen LogP contribution in [0.1, 0.15) is 24.7 Å². The summed E-state index contributed by atoms with van der Waals surface area (Å²) >= 11 is 0. The van der Waals surface area contributed by atoms with Crippen LogP contribution in [0.3, 0.4) is 0 Å². The Balaban J connectivity index is 1.32. The van der Waals surface area contributed by atoms with Crippen molar-refractivity contribution in [1.29, 1.82) is 0 Å². The van der Waals surface area contributed by atoms with Crippen LogP contribution in [0.4, 0.5) is 33.5 Å². The van der Waals surface area contributed by atoms with Crippen LogP contribution < -0.4 is 9.80 Å². The minimum atomic E-state index is -4.48. The maximum atomic E-state index is 13.0. The Morgan fingerprint density at radius 3 is 2.58 bits per heavy atom. The third-order valence-corrected chi connectivity index (χ3v) is 6.36. The number of halogens is 5. The fraction of sp³-hybridized carbons (Fsp3) is 0.524. The fourth-order valence-electron chi connectivity index (χ4n) is 4.75. The average molecular weight is 467 g/mol. The van der Waals surface area contributed by atoms with Crippen LogP contribution in [-0.2, 0) is 19.1 Å². The molecule has 2 fully saturated rings. The van der Waals surface area contributed by atoms with Crippen molar-refractivity contribution in [3.05, 3.63) is 35.9 Å². The monoisotopic (exact) mass is 467 g/mol. The van der Waals surface area contributed by atoms with Gasteiger partial charge in [-0.05, 0) is 25.0 Å². The van der Waals surface area contributed by atoms with Gasteiger partial charge in [0.15, 0.2) is 5.65 Å². The minimum absolute atomic E-state index is 0.0594. The van der Waals surface area contributed by atoms with E-state index in [1.54, 1.807) is 12.3 Å². The van der Waals surface area contributed by atoms with Gasteiger partial charge in [0.1, 0.15) is 23.6 Å². The summed E-state index contributed by atoms with van der Waals surface area (Å²) in [6, 6.07) is 2.66. The van der Waals surface area contributed by atoms with E-state index in [0.717, 1.165) is 12.5 Å². The van der Waals surface area contributed by atoms with Crippen LogP contribution in [0, 0.1) is 5.41 Å². The summed E-state index contributed by atoms with van der Waals surface area (Å²) in [7, 11) is 0. The van der Waals surface area contributed by atoms with Gasteiger partial charge in [-0.1, -0.05) is 6.92 Å². The zero-order valence-corrected chi connectivity index (χ0v) is 17.9. The molecule has 0 unspecified atom stereocenters. The fourth-order valence-corrected chi connectivity index (χ4v) is 4.75.